The third-order valence-corrected chi connectivity index (χ3v) is 6.49. The predicted octanol–water partition coefficient (Wildman–Crippen LogP) is 2.51. The molecule has 0 atom stereocenters. The second kappa shape index (κ2) is 5.81. The first-order chi connectivity index (χ1) is 11.6. The average molecular weight is 347 g/mol. The van der Waals surface area contributed by atoms with Gasteiger partial charge in [-0.15, -0.1) is 0 Å². The summed E-state index contributed by atoms with van der Waals surface area (Å²) in [5, 5.41) is 4.21. The molecule has 4 rings (SSSR count). The Morgan fingerprint density at radius 3 is 2.92 bits per heavy atom. The van der Waals surface area contributed by atoms with Gasteiger partial charge in [0.05, 0.1) is 18.5 Å². The van der Waals surface area contributed by atoms with E-state index in [1.165, 1.54) is 6.20 Å². The van der Waals surface area contributed by atoms with Crippen LogP contribution in [0.15, 0.2) is 29.3 Å². The van der Waals surface area contributed by atoms with Crippen molar-refractivity contribution in [3.8, 4) is 5.88 Å². The Balaban J connectivity index is 1.85. The molecular formula is C17H21N3O3S. The van der Waals surface area contributed by atoms with Crippen LogP contribution in [0.1, 0.15) is 30.4 Å². The number of sulfonamides is 1. The van der Waals surface area contributed by atoms with Crippen molar-refractivity contribution in [2.75, 3.05) is 17.5 Å². The minimum atomic E-state index is -3.69. The molecule has 0 fully saturated rings. The molecule has 0 aliphatic carbocycles. The van der Waals surface area contributed by atoms with Crippen molar-refractivity contribution in [2.45, 2.75) is 44.0 Å². The van der Waals surface area contributed by atoms with Crippen molar-refractivity contribution in [3.05, 3.63) is 35.5 Å². The second-order valence-corrected chi connectivity index (χ2v) is 8.19. The highest BCUT2D eigenvalue weighted by molar-refractivity contribution is 7.93. The quantitative estimate of drug-likeness (QED) is 0.837. The van der Waals surface area contributed by atoms with E-state index in [1.54, 1.807) is 8.99 Å². The van der Waals surface area contributed by atoms with E-state index in [2.05, 4.69) is 5.10 Å². The van der Waals surface area contributed by atoms with Crippen LogP contribution in [0, 0.1) is 6.92 Å². The van der Waals surface area contributed by atoms with E-state index in [1.807, 2.05) is 25.1 Å². The van der Waals surface area contributed by atoms with E-state index in [9.17, 15) is 8.42 Å². The van der Waals surface area contributed by atoms with Crippen LogP contribution >= 0.6 is 0 Å². The molecule has 2 aliphatic heterocycles. The molecule has 0 radical (unpaired) electrons. The van der Waals surface area contributed by atoms with E-state index in [-0.39, 0.29) is 4.90 Å². The molecule has 6 nitrogen and oxygen atoms in total. The Morgan fingerprint density at radius 2 is 2.04 bits per heavy atom. The lowest BCUT2D eigenvalue weighted by Crippen LogP contribution is -2.33. The molecule has 2 aromatic rings. The minimum Gasteiger partial charge on any atom is -0.477 e. The number of hydrogen-bond acceptors (Lipinski definition) is 4. The summed E-state index contributed by atoms with van der Waals surface area (Å²) in [5.41, 5.74) is 2.91. The first-order valence-corrected chi connectivity index (χ1v) is 9.83. The number of anilines is 1. The van der Waals surface area contributed by atoms with Gasteiger partial charge in [0.15, 0.2) is 4.90 Å². The van der Waals surface area contributed by atoms with Gasteiger partial charge in [0.25, 0.3) is 10.0 Å². The maximum atomic E-state index is 13.4. The average Bonchev–Trinajstić information content (AvgIpc) is 2.88. The third-order valence-electron chi connectivity index (χ3n) is 4.71. The molecule has 24 heavy (non-hydrogen) atoms. The molecule has 0 bridgehead atoms. The largest absolute Gasteiger partial charge is 0.477 e. The molecular weight excluding hydrogens is 326 g/mol. The molecule has 1 aromatic heterocycles. The Kier molecular flexibility index (Phi) is 3.75. The first kappa shape index (κ1) is 15.5. The van der Waals surface area contributed by atoms with Gasteiger partial charge in [-0.3, -0.25) is 4.31 Å². The lowest BCUT2D eigenvalue weighted by atomic mass is 10.0. The van der Waals surface area contributed by atoms with Crippen molar-refractivity contribution in [2.24, 2.45) is 0 Å². The van der Waals surface area contributed by atoms with Crippen LogP contribution in [0.5, 0.6) is 5.88 Å². The number of rotatable bonds is 2. The molecule has 3 heterocycles. The second-order valence-electron chi connectivity index (χ2n) is 6.36. The van der Waals surface area contributed by atoms with Gasteiger partial charge in [0.2, 0.25) is 5.88 Å². The molecule has 128 valence electrons. The van der Waals surface area contributed by atoms with Crippen LogP contribution in [-0.2, 0) is 23.0 Å². The molecule has 0 saturated heterocycles. The maximum absolute atomic E-state index is 13.4. The highest BCUT2D eigenvalue weighted by atomic mass is 32.2. The zero-order valence-electron chi connectivity index (χ0n) is 13.7. The molecule has 0 unspecified atom stereocenters. The summed E-state index contributed by atoms with van der Waals surface area (Å²) in [6, 6.07) is 5.99. The van der Waals surface area contributed by atoms with Crippen molar-refractivity contribution in [1.82, 2.24) is 9.78 Å². The van der Waals surface area contributed by atoms with Gasteiger partial charge in [-0.1, -0.05) is 18.2 Å². The molecule has 1 aromatic carbocycles. The van der Waals surface area contributed by atoms with E-state index >= 15 is 0 Å². The Hall–Kier alpha value is -2.02. The molecule has 0 spiro atoms. The van der Waals surface area contributed by atoms with E-state index in [0.717, 1.165) is 42.5 Å². The summed E-state index contributed by atoms with van der Waals surface area (Å²) in [4.78, 5) is 0.179. The zero-order chi connectivity index (χ0) is 16.7. The van der Waals surface area contributed by atoms with Gasteiger partial charge >= 0.3 is 0 Å². The molecule has 2 aliphatic rings. The first-order valence-electron chi connectivity index (χ1n) is 8.39. The maximum Gasteiger partial charge on any atom is 0.271 e. The number of hydrogen-bond donors (Lipinski definition) is 0. The SMILES string of the molecule is Cc1cccc2c1N(S(=O)(=O)c1cnn3c1OCCC3)CCCC2. The summed E-state index contributed by atoms with van der Waals surface area (Å²) < 4.78 is 35.6. The van der Waals surface area contributed by atoms with E-state index < -0.39 is 10.0 Å². The molecule has 0 saturated carbocycles. The third kappa shape index (κ3) is 2.38. The Morgan fingerprint density at radius 1 is 1.17 bits per heavy atom. The summed E-state index contributed by atoms with van der Waals surface area (Å²) in [6.07, 6.45) is 5.02. The number of aryl methyl sites for hydroxylation is 3. The Labute approximate surface area is 142 Å². The van der Waals surface area contributed by atoms with Gasteiger partial charge in [-0.2, -0.15) is 5.10 Å². The number of fused-ring (bicyclic) bond motifs is 2. The summed E-state index contributed by atoms with van der Waals surface area (Å²) >= 11 is 0. The van der Waals surface area contributed by atoms with Crippen LogP contribution in [0.3, 0.4) is 0 Å². The van der Waals surface area contributed by atoms with Crippen molar-refractivity contribution in [3.63, 3.8) is 0 Å². The topological polar surface area (TPSA) is 64.4 Å². The van der Waals surface area contributed by atoms with Crippen LogP contribution in [0.2, 0.25) is 0 Å². The van der Waals surface area contributed by atoms with Gasteiger partial charge in [0.1, 0.15) is 0 Å². The lowest BCUT2D eigenvalue weighted by Gasteiger charge is -2.26. The molecule has 0 N–H and O–H groups in total. The normalized spacial score (nSPS) is 17.6. The fourth-order valence-electron chi connectivity index (χ4n) is 3.54. The van der Waals surface area contributed by atoms with Crippen LogP contribution in [0.25, 0.3) is 0 Å². The van der Waals surface area contributed by atoms with Crippen molar-refractivity contribution >= 4 is 15.7 Å². The predicted molar refractivity (Wildman–Crippen MR) is 91.0 cm³/mol. The van der Waals surface area contributed by atoms with Crippen molar-refractivity contribution in [1.29, 1.82) is 0 Å². The zero-order valence-corrected chi connectivity index (χ0v) is 14.6. The van der Waals surface area contributed by atoms with Gasteiger partial charge in [-0.05, 0) is 37.3 Å². The highest BCUT2D eigenvalue weighted by Crippen LogP contribution is 2.37. The van der Waals surface area contributed by atoms with Gasteiger partial charge in [0, 0.05) is 19.5 Å². The number of ether oxygens (including phenoxy) is 1. The fraction of sp³-hybridized carbons (Fsp3) is 0.471. The summed E-state index contributed by atoms with van der Waals surface area (Å²) in [5.74, 6) is 0.376. The summed E-state index contributed by atoms with van der Waals surface area (Å²) in [7, 11) is -3.69. The van der Waals surface area contributed by atoms with Crippen LogP contribution in [0.4, 0.5) is 5.69 Å². The highest BCUT2D eigenvalue weighted by Gasteiger charge is 2.34. The monoisotopic (exact) mass is 347 g/mol. The molecule has 0 amide bonds. The van der Waals surface area contributed by atoms with Crippen LogP contribution in [-0.4, -0.2) is 31.3 Å². The number of benzene rings is 1. The van der Waals surface area contributed by atoms with Gasteiger partial charge in [-0.25, -0.2) is 13.1 Å². The number of aromatic nitrogens is 2. The number of nitrogens with zero attached hydrogens (tertiary/aromatic N) is 3. The Bertz CT molecular complexity index is 873. The molecule has 7 heteroatoms. The minimum absolute atomic E-state index is 0.179. The van der Waals surface area contributed by atoms with Gasteiger partial charge < -0.3 is 4.74 Å². The standard InChI is InChI=1S/C17H21N3O3S/c1-13-6-4-8-14-7-2-3-10-20(16(13)14)24(21,22)15-12-18-19-9-5-11-23-17(15)19/h4,6,8,12H,2-3,5,7,9-11H2,1H3. The summed E-state index contributed by atoms with van der Waals surface area (Å²) in [6.45, 7) is 3.69. The smallest absolute Gasteiger partial charge is 0.271 e. The lowest BCUT2D eigenvalue weighted by molar-refractivity contribution is 0.224. The fourth-order valence-corrected chi connectivity index (χ4v) is 5.22. The van der Waals surface area contributed by atoms with Crippen LogP contribution < -0.4 is 9.04 Å². The van der Waals surface area contributed by atoms with E-state index in [4.69, 9.17) is 4.74 Å². The van der Waals surface area contributed by atoms with Crippen molar-refractivity contribution < 1.29 is 13.2 Å². The number of para-hydroxylation sites is 1. The van der Waals surface area contributed by atoms with E-state index in [0.29, 0.717) is 25.6 Å².